The first-order valence-electron chi connectivity index (χ1n) is 22.5. The molecular formula is C62H42N2. The lowest BCUT2D eigenvalue weighted by molar-refractivity contribution is 1.19. The molecule has 0 aliphatic heterocycles. The predicted molar refractivity (Wildman–Crippen MR) is 277 cm³/mol. The van der Waals surface area contributed by atoms with Crippen LogP contribution < -0.4 is 0 Å². The first-order valence-corrected chi connectivity index (χ1v) is 22.5. The predicted octanol–water partition coefficient (Wildman–Crippen LogP) is 17.2. The number of hydrogen-bond donors (Lipinski definition) is 0. The van der Waals surface area contributed by atoms with Gasteiger partial charge in [-0.25, -0.2) is 0 Å². The van der Waals surface area contributed by atoms with Crippen molar-refractivity contribution in [2.75, 3.05) is 0 Å². The monoisotopic (exact) mass is 814 g/mol. The van der Waals surface area contributed by atoms with E-state index < -0.39 is 0 Å². The Balaban J connectivity index is 1.22. The summed E-state index contributed by atoms with van der Waals surface area (Å²) in [6.45, 7) is 9.15. The molecule has 2 aromatic heterocycles. The summed E-state index contributed by atoms with van der Waals surface area (Å²) in [5.41, 5.74) is 12.6. The van der Waals surface area contributed by atoms with Gasteiger partial charge in [0.1, 0.15) is 0 Å². The van der Waals surface area contributed by atoms with Gasteiger partial charge in [0.2, 0.25) is 0 Å². The number of rotatable bonds is 2. The van der Waals surface area contributed by atoms with Crippen LogP contribution in [0.2, 0.25) is 0 Å². The molecule has 0 saturated carbocycles. The van der Waals surface area contributed by atoms with Crippen molar-refractivity contribution < 1.29 is 0 Å². The molecule has 0 bridgehead atoms. The van der Waals surface area contributed by atoms with E-state index >= 15 is 0 Å². The molecule has 64 heavy (non-hydrogen) atoms. The van der Waals surface area contributed by atoms with Crippen molar-refractivity contribution in [2.45, 2.75) is 27.7 Å². The minimum absolute atomic E-state index is 1.17. The molecule has 0 amide bonds. The Bertz CT molecular complexity index is 4120. The van der Waals surface area contributed by atoms with Crippen LogP contribution in [0.15, 0.2) is 182 Å². The summed E-state index contributed by atoms with van der Waals surface area (Å²) in [5, 5.41) is 23.2. The van der Waals surface area contributed by atoms with Crippen molar-refractivity contribution >= 4 is 119 Å². The molecule has 0 N–H and O–H groups in total. The highest BCUT2D eigenvalue weighted by molar-refractivity contribution is 6.44. The zero-order valence-electron chi connectivity index (χ0n) is 36.2. The Kier molecular flexibility index (Phi) is 7.13. The van der Waals surface area contributed by atoms with Gasteiger partial charge in [-0.2, -0.15) is 0 Å². The summed E-state index contributed by atoms with van der Waals surface area (Å²) >= 11 is 0. The topological polar surface area (TPSA) is 9.86 Å². The third-order valence-corrected chi connectivity index (χ3v) is 15.0. The van der Waals surface area contributed by atoms with Gasteiger partial charge in [0.15, 0.2) is 0 Å². The summed E-state index contributed by atoms with van der Waals surface area (Å²) in [5.74, 6) is 0. The first kappa shape index (κ1) is 35.6. The highest BCUT2D eigenvalue weighted by atomic mass is 15.0. The molecule has 0 spiro atoms. The van der Waals surface area contributed by atoms with E-state index in [4.69, 9.17) is 0 Å². The van der Waals surface area contributed by atoms with E-state index in [0.29, 0.717) is 0 Å². The van der Waals surface area contributed by atoms with E-state index in [2.05, 4.69) is 219 Å². The average Bonchev–Trinajstić information content (AvgIpc) is 3.89. The summed E-state index contributed by atoms with van der Waals surface area (Å²) in [7, 11) is 0. The Morgan fingerprint density at radius 1 is 0.234 bits per heavy atom. The zero-order chi connectivity index (χ0) is 42.5. The molecule has 2 heterocycles. The van der Waals surface area contributed by atoms with Crippen molar-refractivity contribution in [2.24, 2.45) is 0 Å². The standard InChI is InChI=1S/C62H42N2/c1-35-41-17-5-7-19-43(41)37(3)53-33-39(29-31-45(35)53)63-55-27-15-13-25-51(55)57-47-21-9-12-24-50(47)60-59(61(57)63)49-23-11-10-22-48(49)58-52-26-14-16-28-56(52)64(62(58)60)40-30-32-46-36(2)42-18-6-8-20-44(42)38(4)54(46)34-40/h5-34H,1-4H3. The van der Waals surface area contributed by atoms with Gasteiger partial charge in [-0.15, -0.1) is 0 Å². The molecule has 12 aromatic carbocycles. The summed E-state index contributed by atoms with van der Waals surface area (Å²) in [6.07, 6.45) is 0. The molecule has 2 nitrogen and oxygen atoms in total. The van der Waals surface area contributed by atoms with Crippen molar-refractivity contribution in [3.63, 3.8) is 0 Å². The third-order valence-electron chi connectivity index (χ3n) is 15.0. The molecule has 0 fully saturated rings. The van der Waals surface area contributed by atoms with E-state index in [0.717, 1.165) is 0 Å². The van der Waals surface area contributed by atoms with Gasteiger partial charge in [0, 0.05) is 43.7 Å². The maximum absolute atomic E-state index is 2.58. The van der Waals surface area contributed by atoms with E-state index in [9.17, 15) is 0 Å². The minimum atomic E-state index is 1.17. The van der Waals surface area contributed by atoms with Crippen molar-refractivity contribution in [1.29, 1.82) is 0 Å². The van der Waals surface area contributed by atoms with Crippen LogP contribution >= 0.6 is 0 Å². The van der Waals surface area contributed by atoms with Gasteiger partial charge in [-0.1, -0.05) is 146 Å². The van der Waals surface area contributed by atoms with Gasteiger partial charge in [-0.05, 0) is 151 Å². The van der Waals surface area contributed by atoms with Gasteiger partial charge >= 0.3 is 0 Å². The van der Waals surface area contributed by atoms with Crippen LogP contribution in [-0.4, -0.2) is 9.13 Å². The van der Waals surface area contributed by atoms with Crippen molar-refractivity contribution in [3.05, 3.63) is 204 Å². The molecule has 0 aliphatic carbocycles. The molecule has 0 saturated heterocycles. The Labute approximate surface area is 369 Å². The largest absolute Gasteiger partial charge is 0.309 e. The molecule has 0 radical (unpaired) electrons. The molecule has 300 valence electrons. The van der Waals surface area contributed by atoms with Crippen LogP contribution in [0.25, 0.3) is 130 Å². The minimum Gasteiger partial charge on any atom is -0.309 e. The lowest BCUT2D eigenvalue weighted by Gasteiger charge is -2.19. The number of fused-ring (bicyclic) bond motifs is 19. The van der Waals surface area contributed by atoms with Gasteiger partial charge in [0.05, 0.1) is 22.1 Å². The SMILES string of the molecule is Cc1c2ccccc2c(C)c2cc(-n3c4ccccc4c4c5ccccc5c5c(c6ccccc6c6c7ccccc7n(-c7ccc8c(C)c9ccccc9c(C)c8c7)c65)c43)ccc12. The van der Waals surface area contributed by atoms with Crippen LogP contribution in [0, 0.1) is 27.7 Å². The number of nitrogens with zero attached hydrogens (tertiary/aromatic N) is 2. The van der Waals surface area contributed by atoms with Crippen LogP contribution in [0.3, 0.4) is 0 Å². The maximum Gasteiger partial charge on any atom is 0.0633 e. The molecule has 0 unspecified atom stereocenters. The van der Waals surface area contributed by atoms with E-state index in [-0.39, 0.29) is 0 Å². The summed E-state index contributed by atoms with van der Waals surface area (Å²) < 4.78 is 5.17. The molecule has 14 rings (SSSR count). The fraction of sp³-hybridized carbons (Fsp3) is 0.0645. The summed E-state index contributed by atoms with van der Waals surface area (Å²) in [4.78, 5) is 0. The first-order chi connectivity index (χ1) is 31.5. The molecule has 0 aliphatic rings. The quantitative estimate of drug-likeness (QED) is 0.122. The third kappa shape index (κ3) is 4.49. The van der Waals surface area contributed by atoms with E-state index in [1.54, 1.807) is 0 Å². The number of benzene rings is 12. The Morgan fingerprint density at radius 2 is 0.500 bits per heavy atom. The second-order valence-corrected chi connectivity index (χ2v) is 18.0. The number of aromatic nitrogens is 2. The second kappa shape index (κ2) is 12.8. The van der Waals surface area contributed by atoms with Gasteiger partial charge in [-0.3, -0.25) is 0 Å². The normalized spacial score (nSPS) is 12.4. The average molecular weight is 815 g/mol. The Morgan fingerprint density at radius 3 is 0.859 bits per heavy atom. The van der Waals surface area contributed by atoms with Crippen LogP contribution in [0.4, 0.5) is 0 Å². The van der Waals surface area contributed by atoms with Gasteiger partial charge < -0.3 is 9.13 Å². The highest BCUT2D eigenvalue weighted by Crippen LogP contribution is 2.51. The smallest absolute Gasteiger partial charge is 0.0633 e. The fourth-order valence-corrected chi connectivity index (χ4v) is 12.1. The molecule has 2 heteroatoms. The van der Waals surface area contributed by atoms with Gasteiger partial charge in [0.25, 0.3) is 0 Å². The lowest BCUT2D eigenvalue weighted by Crippen LogP contribution is -1.99. The van der Waals surface area contributed by atoms with E-state index in [1.165, 1.54) is 153 Å². The van der Waals surface area contributed by atoms with Crippen molar-refractivity contribution in [1.82, 2.24) is 9.13 Å². The molecule has 14 aromatic rings. The molecule has 0 atom stereocenters. The van der Waals surface area contributed by atoms with Crippen LogP contribution in [0.1, 0.15) is 22.3 Å². The number of hydrogen-bond acceptors (Lipinski definition) is 0. The zero-order valence-corrected chi connectivity index (χ0v) is 36.2. The van der Waals surface area contributed by atoms with Crippen LogP contribution in [-0.2, 0) is 0 Å². The Hall–Kier alpha value is -7.94. The molecular weight excluding hydrogens is 773 g/mol. The number of aryl methyl sites for hydroxylation is 4. The second-order valence-electron chi connectivity index (χ2n) is 18.0. The van der Waals surface area contributed by atoms with Crippen LogP contribution in [0.5, 0.6) is 0 Å². The highest BCUT2D eigenvalue weighted by Gasteiger charge is 2.26. The maximum atomic E-state index is 2.58. The van der Waals surface area contributed by atoms with E-state index in [1.807, 2.05) is 0 Å². The fourth-order valence-electron chi connectivity index (χ4n) is 12.1. The lowest BCUT2D eigenvalue weighted by atomic mass is 9.90. The summed E-state index contributed by atoms with van der Waals surface area (Å²) in [6, 6.07) is 68.6. The van der Waals surface area contributed by atoms with Crippen molar-refractivity contribution in [3.8, 4) is 11.4 Å². The number of para-hydroxylation sites is 2.